The number of primary sulfonamides is 1. The van der Waals surface area contributed by atoms with Gasteiger partial charge in [-0.2, -0.15) is 0 Å². The van der Waals surface area contributed by atoms with Crippen LogP contribution < -0.4 is 5.14 Å². The molecule has 0 aliphatic carbocycles. The Bertz CT molecular complexity index is 924. The van der Waals surface area contributed by atoms with Gasteiger partial charge in [-0.3, -0.25) is 4.79 Å². The molecule has 0 fully saturated rings. The second kappa shape index (κ2) is 6.92. The molecule has 2 N–H and O–H groups in total. The van der Waals surface area contributed by atoms with E-state index in [1.165, 1.54) is 6.07 Å². The minimum atomic E-state index is -3.82. The van der Waals surface area contributed by atoms with Crippen LogP contribution >= 0.6 is 11.8 Å². The number of Topliss-reactive ketones (excluding diaryl/α,β-unsaturated/α-hetero) is 1. The quantitative estimate of drug-likeness (QED) is 0.867. The van der Waals surface area contributed by atoms with Crippen molar-refractivity contribution in [1.82, 2.24) is 4.90 Å². The molecule has 0 aromatic heterocycles. The fourth-order valence-corrected chi connectivity index (χ4v) is 4.61. The van der Waals surface area contributed by atoms with Crippen LogP contribution in [0.3, 0.4) is 0 Å². The predicted octanol–water partition coefficient (Wildman–Crippen LogP) is 2.45. The average Bonchev–Trinajstić information content (AvgIpc) is 2.56. The van der Waals surface area contributed by atoms with E-state index in [0.29, 0.717) is 13.0 Å². The summed E-state index contributed by atoms with van der Waals surface area (Å²) in [7, 11) is 0.0259. The van der Waals surface area contributed by atoms with Gasteiger partial charge in [-0.15, -0.1) is 0 Å². The normalized spacial score (nSPS) is 16.4. The van der Waals surface area contributed by atoms with E-state index in [-0.39, 0.29) is 10.7 Å². The van der Waals surface area contributed by atoms with Crippen LogP contribution in [-0.4, -0.2) is 39.7 Å². The number of fused-ring (bicyclic) bond motifs is 2. The molecule has 0 radical (unpaired) electrons. The first-order chi connectivity index (χ1) is 11.8. The summed E-state index contributed by atoms with van der Waals surface area (Å²) in [5.41, 5.74) is 1.65. The summed E-state index contributed by atoms with van der Waals surface area (Å²) < 4.78 is 23.5. The Balaban J connectivity index is 2.11. The van der Waals surface area contributed by atoms with E-state index in [0.717, 1.165) is 20.9 Å². The molecule has 7 heteroatoms. The van der Waals surface area contributed by atoms with E-state index < -0.39 is 15.9 Å². The highest BCUT2D eigenvalue weighted by Crippen LogP contribution is 2.46. The maximum atomic E-state index is 13.0. The SMILES string of the molecule is CN(C)CCC(=O)C1c2ccccc2Sc2ccc(S(N)(=O)=O)cc21. The number of hydrogen-bond acceptors (Lipinski definition) is 5. The summed E-state index contributed by atoms with van der Waals surface area (Å²) in [5, 5.41) is 5.28. The van der Waals surface area contributed by atoms with Crippen molar-refractivity contribution in [2.24, 2.45) is 5.14 Å². The lowest BCUT2D eigenvalue weighted by atomic mass is 9.86. The van der Waals surface area contributed by atoms with E-state index in [2.05, 4.69) is 0 Å². The summed E-state index contributed by atoms with van der Waals surface area (Å²) in [6.45, 7) is 0.648. The number of nitrogens with two attached hydrogens (primary N) is 1. The summed E-state index contributed by atoms with van der Waals surface area (Å²) in [4.78, 5) is 16.9. The topological polar surface area (TPSA) is 80.5 Å². The molecule has 2 aromatic rings. The minimum Gasteiger partial charge on any atom is -0.309 e. The number of rotatable bonds is 5. The fraction of sp³-hybridized carbons (Fsp3) is 0.278. The number of sulfonamides is 1. The van der Waals surface area contributed by atoms with Crippen LogP contribution in [0, 0.1) is 0 Å². The summed E-state index contributed by atoms with van der Waals surface area (Å²) in [6, 6.07) is 12.6. The Morgan fingerprint density at radius 1 is 1.12 bits per heavy atom. The molecular weight excluding hydrogens is 356 g/mol. The largest absolute Gasteiger partial charge is 0.309 e. The third-order valence-corrected chi connectivity index (χ3v) is 6.29. The fourth-order valence-electron chi connectivity index (χ4n) is 2.95. The maximum absolute atomic E-state index is 13.0. The van der Waals surface area contributed by atoms with Crippen LogP contribution in [0.25, 0.3) is 0 Å². The van der Waals surface area contributed by atoms with Crippen LogP contribution in [0.2, 0.25) is 0 Å². The molecule has 0 bridgehead atoms. The molecule has 0 saturated heterocycles. The zero-order chi connectivity index (χ0) is 18.2. The van der Waals surface area contributed by atoms with Crippen LogP contribution in [-0.2, 0) is 14.8 Å². The molecule has 1 atom stereocenters. The van der Waals surface area contributed by atoms with Crippen molar-refractivity contribution in [3.05, 3.63) is 53.6 Å². The highest BCUT2D eigenvalue weighted by molar-refractivity contribution is 7.99. The molecule has 5 nitrogen and oxygen atoms in total. The first-order valence-electron chi connectivity index (χ1n) is 7.88. The van der Waals surface area contributed by atoms with Gasteiger partial charge in [0.25, 0.3) is 0 Å². The van der Waals surface area contributed by atoms with Gasteiger partial charge in [0.1, 0.15) is 5.78 Å². The highest BCUT2D eigenvalue weighted by Gasteiger charge is 2.32. The maximum Gasteiger partial charge on any atom is 0.238 e. The van der Waals surface area contributed by atoms with E-state index in [4.69, 9.17) is 5.14 Å². The Labute approximate surface area is 152 Å². The summed E-state index contributed by atoms with van der Waals surface area (Å²) in [5.74, 6) is -0.386. The lowest BCUT2D eigenvalue weighted by Crippen LogP contribution is -2.24. The number of benzene rings is 2. The standard InChI is InChI=1S/C18H20N2O3S2/c1-20(2)10-9-15(21)18-13-5-3-4-6-16(13)24-17-8-7-12(11-14(17)18)25(19,22)23/h3-8,11,18H,9-10H2,1-2H3,(H2,19,22,23). The Morgan fingerprint density at radius 3 is 2.48 bits per heavy atom. The highest BCUT2D eigenvalue weighted by atomic mass is 32.2. The predicted molar refractivity (Wildman–Crippen MR) is 98.4 cm³/mol. The molecular formula is C18H20N2O3S2. The molecule has 1 aliphatic heterocycles. The van der Waals surface area contributed by atoms with Gasteiger partial charge in [0, 0.05) is 22.8 Å². The van der Waals surface area contributed by atoms with Crippen molar-refractivity contribution in [3.8, 4) is 0 Å². The van der Waals surface area contributed by atoms with Gasteiger partial charge in [-0.05, 0) is 49.5 Å². The van der Waals surface area contributed by atoms with Crippen molar-refractivity contribution < 1.29 is 13.2 Å². The van der Waals surface area contributed by atoms with Gasteiger partial charge in [0.15, 0.2) is 0 Å². The first-order valence-corrected chi connectivity index (χ1v) is 10.2. The molecule has 0 amide bonds. The van der Waals surface area contributed by atoms with E-state index >= 15 is 0 Å². The van der Waals surface area contributed by atoms with Gasteiger partial charge in [0.05, 0.1) is 10.8 Å². The Morgan fingerprint density at radius 2 is 1.80 bits per heavy atom. The number of ketones is 1. The first kappa shape index (κ1) is 18.1. The number of carbonyl (C=O) groups is 1. The number of nitrogens with zero attached hydrogens (tertiary/aromatic N) is 1. The van der Waals surface area contributed by atoms with Gasteiger partial charge < -0.3 is 4.90 Å². The smallest absolute Gasteiger partial charge is 0.238 e. The number of carbonyl (C=O) groups excluding carboxylic acids is 1. The van der Waals surface area contributed by atoms with Crippen LogP contribution in [0.15, 0.2) is 57.2 Å². The third kappa shape index (κ3) is 3.79. The van der Waals surface area contributed by atoms with Crippen LogP contribution in [0.5, 0.6) is 0 Å². The Kier molecular flexibility index (Phi) is 5.02. The van der Waals surface area contributed by atoms with Gasteiger partial charge in [0.2, 0.25) is 10.0 Å². The molecule has 1 heterocycles. The molecule has 0 spiro atoms. The zero-order valence-corrected chi connectivity index (χ0v) is 15.7. The molecule has 0 saturated carbocycles. The van der Waals surface area contributed by atoms with Crippen molar-refractivity contribution in [2.75, 3.05) is 20.6 Å². The van der Waals surface area contributed by atoms with E-state index in [1.54, 1.807) is 23.9 Å². The third-order valence-electron chi connectivity index (χ3n) is 4.20. The van der Waals surface area contributed by atoms with Gasteiger partial charge >= 0.3 is 0 Å². The second-order valence-corrected chi connectivity index (χ2v) is 8.98. The Hall–Kier alpha value is -1.67. The zero-order valence-electron chi connectivity index (χ0n) is 14.1. The van der Waals surface area contributed by atoms with Crippen molar-refractivity contribution >= 4 is 27.6 Å². The van der Waals surface area contributed by atoms with E-state index in [9.17, 15) is 13.2 Å². The minimum absolute atomic E-state index is 0.0386. The molecule has 1 aliphatic rings. The lowest BCUT2D eigenvalue weighted by Gasteiger charge is -2.27. The van der Waals surface area contributed by atoms with Crippen molar-refractivity contribution in [2.45, 2.75) is 27.0 Å². The van der Waals surface area contributed by atoms with Crippen LogP contribution in [0.1, 0.15) is 23.5 Å². The number of hydrogen-bond donors (Lipinski definition) is 1. The van der Waals surface area contributed by atoms with Gasteiger partial charge in [-0.1, -0.05) is 30.0 Å². The molecule has 2 aromatic carbocycles. The average molecular weight is 377 g/mol. The molecule has 3 rings (SSSR count). The van der Waals surface area contributed by atoms with E-state index in [1.807, 2.05) is 43.3 Å². The van der Waals surface area contributed by atoms with Gasteiger partial charge in [-0.25, -0.2) is 13.6 Å². The lowest BCUT2D eigenvalue weighted by molar-refractivity contribution is -0.120. The molecule has 25 heavy (non-hydrogen) atoms. The van der Waals surface area contributed by atoms with Crippen molar-refractivity contribution in [3.63, 3.8) is 0 Å². The summed E-state index contributed by atoms with van der Waals surface area (Å²) >= 11 is 1.55. The second-order valence-electron chi connectivity index (χ2n) is 6.34. The summed E-state index contributed by atoms with van der Waals surface area (Å²) in [6.07, 6.45) is 0.399. The molecule has 132 valence electrons. The van der Waals surface area contributed by atoms with Crippen LogP contribution in [0.4, 0.5) is 0 Å². The monoisotopic (exact) mass is 376 g/mol. The molecule has 1 unspecified atom stereocenters. The van der Waals surface area contributed by atoms with Crippen molar-refractivity contribution in [1.29, 1.82) is 0 Å².